The van der Waals surface area contributed by atoms with Crippen LogP contribution in [-0.2, 0) is 9.59 Å². The van der Waals surface area contributed by atoms with Crippen molar-refractivity contribution in [3.8, 4) is 0 Å². The molecule has 1 aromatic heterocycles. The third-order valence-electron chi connectivity index (χ3n) is 8.90. The second-order valence-corrected chi connectivity index (χ2v) is 13.6. The summed E-state index contributed by atoms with van der Waals surface area (Å²) in [6.07, 6.45) is 2.10. The highest BCUT2D eigenvalue weighted by atomic mass is 35.5. The predicted molar refractivity (Wildman–Crippen MR) is 156 cm³/mol. The van der Waals surface area contributed by atoms with Gasteiger partial charge in [-0.05, 0) is 63.4 Å². The van der Waals surface area contributed by atoms with E-state index in [2.05, 4.69) is 30.7 Å². The maximum Gasteiger partial charge on any atom is 0.249 e. The van der Waals surface area contributed by atoms with Crippen molar-refractivity contribution in [3.05, 3.63) is 63.9 Å². The maximum absolute atomic E-state index is 14.2. The van der Waals surface area contributed by atoms with E-state index in [4.69, 9.17) is 23.2 Å². The lowest BCUT2D eigenvalue weighted by Gasteiger charge is -2.42. The quantitative estimate of drug-likeness (QED) is 0.402. The van der Waals surface area contributed by atoms with Crippen LogP contribution in [-0.4, -0.2) is 75.7 Å². The number of hydrogen-bond acceptors (Lipinski definition) is 4. The van der Waals surface area contributed by atoms with E-state index in [-0.39, 0.29) is 35.2 Å². The minimum absolute atomic E-state index is 0.0472. The van der Waals surface area contributed by atoms with Gasteiger partial charge in [0.1, 0.15) is 0 Å². The molecule has 3 aliphatic rings. The van der Waals surface area contributed by atoms with Gasteiger partial charge in [-0.1, -0.05) is 35.3 Å². The second-order valence-electron chi connectivity index (χ2n) is 12.7. The molecular weight excluding hydrogens is 569 g/mol. The molecule has 2 saturated heterocycles. The number of alkyl halides is 2. The SMILES string of the molecule is CC(C)(C)N1CC(C(=O)N2CCCC(c3ccc(Cl)cc3)N(C(=O)C3CC(F)(F)C3)CC2)[C@H](c2ccc(Cl)cn2)C1. The van der Waals surface area contributed by atoms with Gasteiger partial charge in [-0.3, -0.25) is 19.5 Å². The Morgan fingerprint density at radius 1 is 0.927 bits per heavy atom. The molecule has 3 heterocycles. The lowest BCUT2D eigenvalue weighted by molar-refractivity contribution is -0.163. The zero-order chi connectivity index (χ0) is 29.5. The average Bonchev–Trinajstić information content (AvgIpc) is 3.34. The molecule has 2 aliphatic heterocycles. The summed E-state index contributed by atoms with van der Waals surface area (Å²) in [7, 11) is 0. The molecule has 2 amide bonds. The van der Waals surface area contributed by atoms with Crippen LogP contribution in [0.5, 0.6) is 0 Å². The van der Waals surface area contributed by atoms with E-state index in [0.29, 0.717) is 55.6 Å². The molecular formula is C31H38Cl2F2N4O2. The minimum Gasteiger partial charge on any atom is -0.341 e. The molecule has 222 valence electrons. The number of halogens is 4. The molecule has 3 fully saturated rings. The van der Waals surface area contributed by atoms with Crippen molar-refractivity contribution in [2.45, 2.75) is 69.9 Å². The summed E-state index contributed by atoms with van der Waals surface area (Å²) in [5.74, 6) is -4.06. The van der Waals surface area contributed by atoms with Crippen LogP contribution in [0.15, 0.2) is 42.6 Å². The summed E-state index contributed by atoms with van der Waals surface area (Å²) >= 11 is 12.2. The highest BCUT2D eigenvalue weighted by Gasteiger charge is 2.51. The summed E-state index contributed by atoms with van der Waals surface area (Å²) in [5, 5.41) is 1.15. The molecule has 41 heavy (non-hydrogen) atoms. The first-order chi connectivity index (χ1) is 19.3. The molecule has 5 rings (SSSR count). The van der Waals surface area contributed by atoms with Crippen LogP contribution < -0.4 is 0 Å². The molecule has 6 nitrogen and oxygen atoms in total. The molecule has 0 radical (unpaired) electrons. The van der Waals surface area contributed by atoms with Crippen LogP contribution in [0.2, 0.25) is 10.0 Å². The monoisotopic (exact) mass is 606 g/mol. The van der Waals surface area contributed by atoms with Gasteiger partial charge in [-0.25, -0.2) is 8.78 Å². The molecule has 2 unspecified atom stereocenters. The van der Waals surface area contributed by atoms with E-state index in [9.17, 15) is 18.4 Å². The van der Waals surface area contributed by atoms with Gasteiger partial charge in [0.25, 0.3) is 0 Å². The van der Waals surface area contributed by atoms with E-state index >= 15 is 0 Å². The zero-order valence-corrected chi connectivity index (χ0v) is 25.3. The van der Waals surface area contributed by atoms with Gasteiger partial charge in [0.05, 0.1) is 17.0 Å². The van der Waals surface area contributed by atoms with E-state index in [1.165, 1.54) is 0 Å². The average molecular weight is 608 g/mol. The lowest BCUT2D eigenvalue weighted by Crippen LogP contribution is -2.52. The number of carbonyl (C=O) groups is 2. The summed E-state index contributed by atoms with van der Waals surface area (Å²) < 4.78 is 27.5. The molecule has 3 atom stereocenters. The number of pyridine rings is 1. The number of hydrogen-bond donors (Lipinski definition) is 0. The Bertz CT molecular complexity index is 1240. The fraction of sp³-hybridized carbons (Fsp3) is 0.581. The predicted octanol–water partition coefficient (Wildman–Crippen LogP) is 6.44. The smallest absolute Gasteiger partial charge is 0.249 e. The Morgan fingerprint density at radius 3 is 2.22 bits per heavy atom. The van der Waals surface area contributed by atoms with Crippen molar-refractivity contribution in [3.63, 3.8) is 0 Å². The fourth-order valence-electron chi connectivity index (χ4n) is 6.46. The third-order valence-corrected chi connectivity index (χ3v) is 9.37. The maximum atomic E-state index is 14.2. The first kappa shape index (κ1) is 30.2. The molecule has 10 heteroatoms. The highest BCUT2D eigenvalue weighted by Crippen LogP contribution is 2.45. The van der Waals surface area contributed by atoms with Crippen molar-refractivity contribution in [2.24, 2.45) is 11.8 Å². The summed E-state index contributed by atoms with van der Waals surface area (Å²) in [6.45, 7) is 8.97. The van der Waals surface area contributed by atoms with Gasteiger partial charge in [-0.2, -0.15) is 0 Å². The summed E-state index contributed by atoms with van der Waals surface area (Å²) in [4.78, 5) is 38.2. The van der Waals surface area contributed by atoms with Crippen LogP contribution >= 0.6 is 23.2 Å². The van der Waals surface area contributed by atoms with Crippen molar-refractivity contribution >= 4 is 35.0 Å². The van der Waals surface area contributed by atoms with Gasteiger partial charge >= 0.3 is 0 Å². The number of benzene rings is 1. The van der Waals surface area contributed by atoms with Gasteiger partial charge in [-0.15, -0.1) is 0 Å². The minimum atomic E-state index is -2.78. The van der Waals surface area contributed by atoms with E-state index in [1.807, 2.05) is 29.2 Å². The van der Waals surface area contributed by atoms with E-state index < -0.39 is 24.7 Å². The largest absolute Gasteiger partial charge is 0.341 e. The van der Waals surface area contributed by atoms with Gasteiger partial charge in [0.15, 0.2) is 0 Å². The van der Waals surface area contributed by atoms with Crippen LogP contribution in [0.4, 0.5) is 8.78 Å². The van der Waals surface area contributed by atoms with E-state index in [1.54, 1.807) is 23.2 Å². The topological polar surface area (TPSA) is 56.8 Å². The number of aromatic nitrogens is 1. The molecule has 0 bridgehead atoms. The number of nitrogens with zero attached hydrogens (tertiary/aromatic N) is 4. The summed E-state index contributed by atoms with van der Waals surface area (Å²) in [6, 6.07) is 10.8. The fourth-order valence-corrected chi connectivity index (χ4v) is 6.69. The molecule has 0 spiro atoms. The van der Waals surface area contributed by atoms with Crippen molar-refractivity contribution < 1.29 is 18.4 Å². The molecule has 1 aliphatic carbocycles. The van der Waals surface area contributed by atoms with Crippen LogP contribution in [0, 0.1) is 11.8 Å². The molecule has 2 aromatic rings. The van der Waals surface area contributed by atoms with Crippen LogP contribution in [0.1, 0.15) is 69.7 Å². The van der Waals surface area contributed by atoms with Crippen molar-refractivity contribution in [1.82, 2.24) is 19.7 Å². The van der Waals surface area contributed by atoms with Crippen molar-refractivity contribution in [2.75, 3.05) is 32.7 Å². The molecule has 1 saturated carbocycles. The Hall–Kier alpha value is -2.29. The number of rotatable bonds is 4. The molecule has 0 N–H and O–H groups in total. The van der Waals surface area contributed by atoms with Gasteiger partial charge in [0.2, 0.25) is 17.7 Å². The second kappa shape index (κ2) is 11.8. The third kappa shape index (κ3) is 6.70. The number of likely N-dealkylation sites (tertiary alicyclic amines) is 1. The Morgan fingerprint density at radius 2 is 1.61 bits per heavy atom. The highest BCUT2D eigenvalue weighted by molar-refractivity contribution is 6.30. The normalized spacial score (nSPS) is 25.9. The first-order valence-corrected chi connectivity index (χ1v) is 15.2. The first-order valence-electron chi connectivity index (χ1n) is 14.4. The van der Waals surface area contributed by atoms with Gasteiger partial charge in [0, 0.05) is 79.9 Å². The van der Waals surface area contributed by atoms with Gasteiger partial charge < -0.3 is 9.80 Å². The summed E-state index contributed by atoms with van der Waals surface area (Å²) in [5.41, 5.74) is 1.66. The lowest BCUT2D eigenvalue weighted by atomic mass is 9.79. The number of amides is 2. The van der Waals surface area contributed by atoms with Crippen molar-refractivity contribution in [1.29, 1.82) is 0 Å². The molecule has 1 aromatic carbocycles. The van der Waals surface area contributed by atoms with E-state index in [0.717, 1.165) is 11.3 Å². The zero-order valence-electron chi connectivity index (χ0n) is 23.8. The number of carbonyl (C=O) groups excluding carboxylic acids is 2. The van der Waals surface area contributed by atoms with Crippen LogP contribution in [0.25, 0.3) is 0 Å². The Kier molecular flexibility index (Phi) is 8.66. The standard InChI is InChI=1S/C31H38Cl2F2N4O2/c1-30(2,3)38-18-24(26-11-10-23(33)17-36-26)25(19-38)29(41)37-12-4-5-27(20-6-8-22(32)9-7-20)39(14-13-37)28(40)21-15-31(34,35)16-21/h6-11,17,21,24-25,27H,4-5,12-16,18-19H2,1-3H3/t24-,25?,27?/m1/s1. The Balaban J connectivity index is 1.37. The van der Waals surface area contributed by atoms with Crippen LogP contribution in [0.3, 0.4) is 0 Å². The Labute approximate surface area is 251 Å².